The number of carboxylic acids is 1. The average Bonchev–Trinajstić information content (AvgIpc) is 2.68. The second kappa shape index (κ2) is 5.13. The first-order valence-corrected chi connectivity index (χ1v) is 6.31. The fourth-order valence-corrected chi connectivity index (χ4v) is 2.54. The number of H-pyrrole nitrogens is 1. The predicted octanol–water partition coefficient (Wildman–Crippen LogP) is 0.546. The summed E-state index contributed by atoms with van der Waals surface area (Å²) in [6.07, 6.45) is 3.04. The van der Waals surface area contributed by atoms with Gasteiger partial charge in [-0.15, -0.1) is 0 Å². The lowest BCUT2D eigenvalue weighted by molar-refractivity contribution is -0.137. The molecule has 0 aliphatic carbocycles. The van der Waals surface area contributed by atoms with E-state index >= 15 is 0 Å². The third-order valence-electron chi connectivity index (χ3n) is 2.12. The smallest absolute Gasteiger partial charge is 0.304 e. The summed E-state index contributed by atoms with van der Waals surface area (Å²) in [6.45, 7) is 1.73. The van der Waals surface area contributed by atoms with Crippen molar-refractivity contribution in [1.29, 1.82) is 0 Å². The van der Waals surface area contributed by atoms with Crippen LogP contribution in [-0.4, -0.2) is 30.5 Å². The molecule has 0 spiro atoms. The molecule has 3 N–H and O–H groups in total. The monoisotopic (exact) mass is 246 g/mol. The summed E-state index contributed by atoms with van der Waals surface area (Å²) in [7, 11) is -3.62. The highest BCUT2D eigenvalue weighted by Crippen LogP contribution is 2.09. The lowest BCUT2D eigenvalue weighted by atomic mass is 10.2. The summed E-state index contributed by atoms with van der Waals surface area (Å²) in [6, 6.07) is 0.827. The molecule has 1 atom stereocenters. The van der Waals surface area contributed by atoms with Crippen LogP contribution < -0.4 is 4.72 Å². The summed E-state index contributed by atoms with van der Waals surface area (Å²) in [5.41, 5.74) is 0. The van der Waals surface area contributed by atoms with Gasteiger partial charge in [-0.1, -0.05) is 6.92 Å². The molecule has 0 saturated heterocycles. The number of aromatic amines is 1. The van der Waals surface area contributed by atoms with E-state index < -0.39 is 22.0 Å². The van der Waals surface area contributed by atoms with Crippen LogP contribution in [0, 0.1) is 0 Å². The van der Waals surface area contributed by atoms with Crippen LogP contribution in [0.4, 0.5) is 0 Å². The van der Waals surface area contributed by atoms with Crippen LogP contribution >= 0.6 is 0 Å². The topological polar surface area (TPSA) is 99.3 Å². The quantitative estimate of drug-likeness (QED) is 0.682. The van der Waals surface area contributed by atoms with E-state index in [9.17, 15) is 13.2 Å². The zero-order valence-corrected chi connectivity index (χ0v) is 9.62. The molecule has 0 aromatic carbocycles. The van der Waals surface area contributed by atoms with Crippen molar-refractivity contribution in [3.63, 3.8) is 0 Å². The Morgan fingerprint density at radius 1 is 1.62 bits per heavy atom. The Bertz CT molecular complexity index is 438. The molecule has 7 heteroatoms. The largest absolute Gasteiger partial charge is 0.481 e. The van der Waals surface area contributed by atoms with Crippen molar-refractivity contribution in [1.82, 2.24) is 9.71 Å². The van der Waals surface area contributed by atoms with Gasteiger partial charge >= 0.3 is 5.97 Å². The highest BCUT2D eigenvalue weighted by molar-refractivity contribution is 7.89. The molecule has 0 amide bonds. The van der Waals surface area contributed by atoms with Gasteiger partial charge in [-0.2, -0.15) is 0 Å². The number of carboxylic acid groups (broad SMARTS) is 1. The van der Waals surface area contributed by atoms with Gasteiger partial charge in [0.15, 0.2) is 0 Å². The Morgan fingerprint density at radius 2 is 2.31 bits per heavy atom. The molecule has 1 aromatic heterocycles. The molecule has 1 aromatic rings. The van der Waals surface area contributed by atoms with Crippen molar-refractivity contribution < 1.29 is 18.3 Å². The van der Waals surface area contributed by atoms with Crippen LogP contribution in [0.25, 0.3) is 0 Å². The van der Waals surface area contributed by atoms with Gasteiger partial charge in [-0.3, -0.25) is 4.79 Å². The molecule has 6 nitrogen and oxygen atoms in total. The minimum absolute atomic E-state index is 0.108. The second-order valence-electron chi connectivity index (χ2n) is 3.37. The van der Waals surface area contributed by atoms with Crippen LogP contribution in [0.5, 0.6) is 0 Å². The fourth-order valence-electron chi connectivity index (χ4n) is 1.24. The maximum atomic E-state index is 11.7. The minimum Gasteiger partial charge on any atom is -0.481 e. The highest BCUT2D eigenvalue weighted by atomic mass is 32.2. The van der Waals surface area contributed by atoms with E-state index in [1.807, 2.05) is 0 Å². The molecule has 90 valence electrons. The Labute approximate surface area is 93.7 Å². The molecule has 1 rings (SSSR count). The van der Waals surface area contributed by atoms with E-state index in [1.54, 1.807) is 6.92 Å². The fraction of sp³-hybridized carbons (Fsp3) is 0.444. The summed E-state index contributed by atoms with van der Waals surface area (Å²) >= 11 is 0. The molecule has 0 bridgehead atoms. The van der Waals surface area contributed by atoms with Gasteiger partial charge in [-0.05, 0) is 12.5 Å². The van der Waals surface area contributed by atoms with Gasteiger partial charge in [0.2, 0.25) is 10.0 Å². The zero-order valence-electron chi connectivity index (χ0n) is 8.80. The third-order valence-corrected chi connectivity index (χ3v) is 3.63. The average molecular weight is 246 g/mol. The summed E-state index contributed by atoms with van der Waals surface area (Å²) in [5.74, 6) is -1.02. The molecule has 0 radical (unpaired) electrons. The van der Waals surface area contributed by atoms with Gasteiger partial charge in [0.1, 0.15) is 0 Å². The van der Waals surface area contributed by atoms with Crippen molar-refractivity contribution in [3.8, 4) is 0 Å². The molecule has 1 heterocycles. The molecule has 0 aliphatic rings. The lowest BCUT2D eigenvalue weighted by Gasteiger charge is -2.13. The second-order valence-corrected chi connectivity index (χ2v) is 5.09. The summed E-state index contributed by atoms with van der Waals surface area (Å²) in [5, 5.41) is 8.60. The zero-order chi connectivity index (χ0) is 12.2. The normalized spacial score (nSPS) is 13.6. The van der Waals surface area contributed by atoms with E-state index in [4.69, 9.17) is 5.11 Å². The van der Waals surface area contributed by atoms with Crippen molar-refractivity contribution in [2.45, 2.75) is 30.7 Å². The number of hydrogen-bond donors (Lipinski definition) is 3. The number of carbonyl (C=O) groups is 1. The number of aliphatic carboxylic acids is 1. The lowest BCUT2D eigenvalue weighted by Crippen LogP contribution is -2.35. The molecular weight excluding hydrogens is 232 g/mol. The van der Waals surface area contributed by atoms with Gasteiger partial charge in [-0.25, -0.2) is 13.1 Å². The van der Waals surface area contributed by atoms with E-state index in [0.717, 1.165) is 0 Å². The van der Waals surface area contributed by atoms with Crippen molar-refractivity contribution in [2.24, 2.45) is 0 Å². The first-order valence-electron chi connectivity index (χ1n) is 4.82. The van der Waals surface area contributed by atoms with Crippen molar-refractivity contribution in [3.05, 3.63) is 18.5 Å². The Morgan fingerprint density at radius 3 is 2.75 bits per heavy atom. The molecule has 1 unspecified atom stereocenters. The maximum Gasteiger partial charge on any atom is 0.304 e. The Balaban J connectivity index is 2.75. The summed E-state index contributed by atoms with van der Waals surface area (Å²) in [4.78, 5) is 13.2. The van der Waals surface area contributed by atoms with Crippen LogP contribution in [0.3, 0.4) is 0 Å². The highest BCUT2D eigenvalue weighted by Gasteiger charge is 2.20. The van der Waals surface area contributed by atoms with E-state index in [-0.39, 0.29) is 11.3 Å². The van der Waals surface area contributed by atoms with Crippen LogP contribution in [0.2, 0.25) is 0 Å². The molecule has 0 saturated carbocycles. The molecule has 0 aliphatic heterocycles. The van der Waals surface area contributed by atoms with Gasteiger partial charge in [0, 0.05) is 18.4 Å². The van der Waals surface area contributed by atoms with Crippen LogP contribution in [0.1, 0.15) is 19.8 Å². The predicted molar refractivity (Wildman–Crippen MR) is 57.4 cm³/mol. The number of aromatic nitrogens is 1. The SMILES string of the molecule is CCC(CC(=O)O)NS(=O)(=O)c1cc[nH]c1. The third kappa shape index (κ3) is 3.35. The van der Waals surface area contributed by atoms with Crippen molar-refractivity contribution >= 4 is 16.0 Å². The van der Waals surface area contributed by atoms with E-state index in [2.05, 4.69) is 9.71 Å². The van der Waals surface area contributed by atoms with Crippen molar-refractivity contribution in [2.75, 3.05) is 0 Å². The number of rotatable bonds is 6. The van der Waals surface area contributed by atoms with E-state index in [0.29, 0.717) is 6.42 Å². The Hall–Kier alpha value is -1.34. The molecule has 16 heavy (non-hydrogen) atoms. The van der Waals surface area contributed by atoms with Gasteiger partial charge in [0.25, 0.3) is 0 Å². The summed E-state index contributed by atoms with van der Waals surface area (Å²) < 4.78 is 25.8. The van der Waals surface area contributed by atoms with Crippen LogP contribution in [0.15, 0.2) is 23.4 Å². The van der Waals surface area contributed by atoms with E-state index in [1.165, 1.54) is 18.5 Å². The Kier molecular flexibility index (Phi) is 4.08. The minimum atomic E-state index is -3.62. The van der Waals surface area contributed by atoms with Crippen LogP contribution in [-0.2, 0) is 14.8 Å². The van der Waals surface area contributed by atoms with Gasteiger partial charge < -0.3 is 10.1 Å². The van der Waals surface area contributed by atoms with Gasteiger partial charge in [0.05, 0.1) is 11.3 Å². The standard InChI is InChI=1S/C9H14N2O4S/c1-2-7(5-9(12)13)11-16(14,15)8-3-4-10-6-8/h3-4,6-7,10-11H,2,5H2,1H3,(H,12,13). The molecular formula is C9H14N2O4S. The first kappa shape index (κ1) is 12.7. The molecule has 0 fully saturated rings. The maximum absolute atomic E-state index is 11.7. The number of nitrogens with one attached hydrogen (secondary N) is 2. The number of sulfonamides is 1. The number of hydrogen-bond acceptors (Lipinski definition) is 3. The first-order chi connectivity index (χ1) is 7.45.